The molecule has 4 nitrogen and oxygen atoms in total. The summed E-state index contributed by atoms with van der Waals surface area (Å²) >= 11 is 1.37. The van der Waals surface area contributed by atoms with Crippen molar-refractivity contribution in [2.45, 2.75) is 0 Å². The molecule has 1 aromatic heterocycles. The van der Waals surface area contributed by atoms with Crippen LogP contribution in [0.4, 0.5) is 9.52 Å². The second-order valence-electron chi connectivity index (χ2n) is 3.01. The quantitative estimate of drug-likeness (QED) is 0.893. The number of nitrogens with one attached hydrogen (secondary N) is 1. The zero-order valence-electron chi connectivity index (χ0n) is 8.82. The molecule has 0 unspecified atom stereocenters. The zero-order chi connectivity index (χ0) is 11.5. The Bertz CT molecular complexity index is 501. The summed E-state index contributed by atoms with van der Waals surface area (Å²) < 4.78 is 18.3. The van der Waals surface area contributed by atoms with E-state index in [0.717, 1.165) is 0 Å². The fourth-order valence-electron chi connectivity index (χ4n) is 1.24. The molecule has 84 valence electrons. The number of benzene rings is 1. The monoisotopic (exact) mass is 239 g/mol. The molecule has 0 bridgehead atoms. The Morgan fingerprint density at radius 2 is 2.19 bits per heavy atom. The molecule has 16 heavy (non-hydrogen) atoms. The van der Waals surface area contributed by atoms with Crippen molar-refractivity contribution < 1.29 is 9.13 Å². The zero-order valence-corrected chi connectivity index (χ0v) is 9.64. The van der Waals surface area contributed by atoms with Crippen molar-refractivity contribution in [3.8, 4) is 16.3 Å². The van der Waals surface area contributed by atoms with Crippen molar-refractivity contribution in [1.29, 1.82) is 0 Å². The third-order valence-electron chi connectivity index (χ3n) is 2.04. The number of aromatic nitrogens is 2. The van der Waals surface area contributed by atoms with Gasteiger partial charge < -0.3 is 10.1 Å². The maximum absolute atomic E-state index is 13.4. The molecule has 0 radical (unpaired) electrons. The second kappa shape index (κ2) is 4.44. The fourth-order valence-corrected chi connectivity index (χ4v) is 1.93. The Morgan fingerprint density at radius 1 is 1.38 bits per heavy atom. The number of hydrogen-bond donors (Lipinski definition) is 1. The Morgan fingerprint density at radius 3 is 2.75 bits per heavy atom. The van der Waals surface area contributed by atoms with Gasteiger partial charge in [-0.2, -0.15) is 0 Å². The molecular formula is C10H10FN3OS. The Hall–Kier alpha value is -1.69. The summed E-state index contributed by atoms with van der Waals surface area (Å²) in [5, 5.41) is 12.1. The summed E-state index contributed by atoms with van der Waals surface area (Å²) in [6.45, 7) is 0. The van der Waals surface area contributed by atoms with Crippen LogP contribution in [-0.2, 0) is 0 Å². The van der Waals surface area contributed by atoms with Gasteiger partial charge in [0, 0.05) is 12.6 Å². The minimum Gasteiger partial charge on any atom is -0.494 e. The van der Waals surface area contributed by atoms with Gasteiger partial charge in [0.1, 0.15) is 5.01 Å². The van der Waals surface area contributed by atoms with Crippen molar-refractivity contribution >= 4 is 16.5 Å². The first-order valence-corrected chi connectivity index (χ1v) is 5.41. The van der Waals surface area contributed by atoms with E-state index in [-0.39, 0.29) is 5.75 Å². The lowest BCUT2D eigenvalue weighted by Crippen LogP contribution is -1.88. The molecule has 1 heterocycles. The molecule has 1 aromatic carbocycles. The van der Waals surface area contributed by atoms with Gasteiger partial charge in [-0.05, 0) is 18.2 Å². The lowest BCUT2D eigenvalue weighted by Gasteiger charge is -2.02. The average Bonchev–Trinajstić information content (AvgIpc) is 2.77. The van der Waals surface area contributed by atoms with E-state index in [1.807, 2.05) is 0 Å². The normalized spacial score (nSPS) is 10.2. The van der Waals surface area contributed by atoms with E-state index in [2.05, 4.69) is 15.5 Å². The molecule has 0 atom stereocenters. The fraction of sp³-hybridized carbons (Fsp3) is 0.200. The minimum atomic E-state index is -0.402. The van der Waals surface area contributed by atoms with E-state index in [9.17, 15) is 4.39 Å². The van der Waals surface area contributed by atoms with Crippen LogP contribution in [0.15, 0.2) is 18.2 Å². The first-order chi connectivity index (χ1) is 7.74. The van der Waals surface area contributed by atoms with E-state index in [4.69, 9.17) is 4.74 Å². The van der Waals surface area contributed by atoms with Gasteiger partial charge in [-0.25, -0.2) is 4.39 Å². The molecule has 2 aromatic rings. The number of hydrogen-bond acceptors (Lipinski definition) is 5. The topological polar surface area (TPSA) is 47.0 Å². The van der Waals surface area contributed by atoms with Crippen LogP contribution in [0.3, 0.4) is 0 Å². The van der Waals surface area contributed by atoms with Crippen LogP contribution < -0.4 is 10.1 Å². The standard InChI is InChI=1S/C10H10FN3OS/c1-12-10-14-13-9(16-10)6-3-4-8(15-2)7(11)5-6/h3-5H,1-2H3,(H,12,14). The molecule has 1 N–H and O–H groups in total. The molecule has 0 spiro atoms. The van der Waals surface area contributed by atoms with Crippen LogP contribution in [-0.4, -0.2) is 24.4 Å². The molecule has 0 amide bonds. The largest absolute Gasteiger partial charge is 0.494 e. The molecule has 0 aliphatic rings. The smallest absolute Gasteiger partial charge is 0.205 e. The Kier molecular flexibility index (Phi) is 3.00. The molecule has 0 aliphatic heterocycles. The highest BCUT2D eigenvalue weighted by molar-refractivity contribution is 7.18. The van der Waals surface area contributed by atoms with Gasteiger partial charge in [-0.1, -0.05) is 11.3 Å². The highest BCUT2D eigenvalue weighted by Gasteiger charge is 2.09. The molecule has 0 fully saturated rings. The Labute approximate surface area is 96.1 Å². The number of methoxy groups -OCH3 is 1. The first kappa shape index (κ1) is 10.8. The summed E-state index contributed by atoms with van der Waals surface area (Å²) in [6.07, 6.45) is 0. The molecule has 2 rings (SSSR count). The van der Waals surface area contributed by atoms with Gasteiger partial charge in [0.05, 0.1) is 7.11 Å². The van der Waals surface area contributed by atoms with E-state index in [0.29, 0.717) is 15.7 Å². The molecule has 6 heteroatoms. The highest BCUT2D eigenvalue weighted by Crippen LogP contribution is 2.29. The van der Waals surface area contributed by atoms with Gasteiger partial charge in [0.2, 0.25) is 5.13 Å². The average molecular weight is 239 g/mol. The van der Waals surface area contributed by atoms with Crippen LogP contribution in [0.2, 0.25) is 0 Å². The van der Waals surface area contributed by atoms with Crippen LogP contribution in [0.5, 0.6) is 5.75 Å². The second-order valence-corrected chi connectivity index (χ2v) is 3.99. The van der Waals surface area contributed by atoms with Crippen molar-refractivity contribution in [3.05, 3.63) is 24.0 Å². The van der Waals surface area contributed by atoms with Crippen molar-refractivity contribution in [1.82, 2.24) is 10.2 Å². The Balaban J connectivity index is 2.37. The van der Waals surface area contributed by atoms with Crippen molar-refractivity contribution in [3.63, 3.8) is 0 Å². The third-order valence-corrected chi connectivity index (χ3v) is 3.03. The predicted octanol–water partition coefficient (Wildman–Crippen LogP) is 2.39. The van der Waals surface area contributed by atoms with Gasteiger partial charge >= 0.3 is 0 Å². The van der Waals surface area contributed by atoms with E-state index < -0.39 is 5.82 Å². The van der Waals surface area contributed by atoms with Crippen LogP contribution in [0.1, 0.15) is 0 Å². The van der Waals surface area contributed by atoms with E-state index in [1.165, 1.54) is 24.5 Å². The lowest BCUT2D eigenvalue weighted by molar-refractivity contribution is 0.386. The number of rotatable bonds is 3. The van der Waals surface area contributed by atoms with Crippen molar-refractivity contribution in [2.24, 2.45) is 0 Å². The molecule has 0 saturated heterocycles. The third kappa shape index (κ3) is 1.96. The summed E-state index contributed by atoms with van der Waals surface area (Å²) in [4.78, 5) is 0. The van der Waals surface area contributed by atoms with Crippen LogP contribution in [0, 0.1) is 5.82 Å². The number of anilines is 1. The predicted molar refractivity (Wildman–Crippen MR) is 61.4 cm³/mol. The first-order valence-electron chi connectivity index (χ1n) is 4.59. The molecule has 0 aliphatic carbocycles. The van der Waals surface area contributed by atoms with Gasteiger partial charge in [-0.3, -0.25) is 0 Å². The minimum absolute atomic E-state index is 0.224. The highest BCUT2D eigenvalue weighted by atomic mass is 32.1. The van der Waals surface area contributed by atoms with Crippen molar-refractivity contribution in [2.75, 3.05) is 19.5 Å². The number of nitrogens with zero attached hydrogens (tertiary/aromatic N) is 2. The van der Waals surface area contributed by atoms with Gasteiger partial charge in [0.15, 0.2) is 11.6 Å². The van der Waals surface area contributed by atoms with E-state index >= 15 is 0 Å². The molecular weight excluding hydrogens is 229 g/mol. The van der Waals surface area contributed by atoms with Crippen LogP contribution >= 0.6 is 11.3 Å². The number of halogens is 1. The maximum atomic E-state index is 13.4. The summed E-state index contributed by atoms with van der Waals surface area (Å²) in [5.74, 6) is -0.177. The van der Waals surface area contributed by atoms with Gasteiger partial charge in [0.25, 0.3) is 0 Å². The molecule has 0 saturated carbocycles. The maximum Gasteiger partial charge on any atom is 0.205 e. The van der Waals surface area contributed by atoms with Gasteiger partial charge in [-0.15, -0.1) is 10.2 Å². The van der Waals surface area contributed by atoms with E-state index in [1.54, 1.807) is 19.2 Å². The summed E-state index contributed by atoms with van der Waals surface area (Å²) in [6, 6.07) is 4.71. The lowest BCUT2D eigenvalue weighted by atomic mass is 10.2. The number of ether oxygens (including phenoxy) is 1. The summed E-state index contributed by atoms with van der Waals surface area (Å²) in [5.41, 5.74) is 0.692. The van der Waals surface area contributed by atoms with Crippen LogP contribution in [0.25, 0.3) is 10.6 Å². The summed E-state index contributed by atoms with van der Waals surface area (Å²) in [7, 11) is 3.20. The SMILES string of the molecule is CNc1nnc(-c2ccc(OC)c(F)c2)s1.